The molecule has 2 saturated carbocycles. The molecule has 1 aliphatic heterocycles. The number of rotatable bonds is 7. The van der Waals surface area contributed by atoms with Gasteiger partial charge in [0, 0.05) is 37.4 Å². The van der Waals surface area contributed by atoms with Crippen LogP contribution in [-0.2, 0) is 5.41 Å². The summed E-state index contributed by atoms with van der Waals surface area (Å²) in [6.45, 7) is 2.41. The Morgan fingerprint density at radius 2 is 2.06 bits per heavy atom. The van der Waals surface area contributed by atoms with E-state index < -0.39 is 17.8 Å². The fourth-order valence-electron chi connectivity index (χ4n) is 6.22. The number of carbonyl (C=O) groups is 1. The van der Waals surface area contributed by atoms with Gasteiger partial charge in [-0.2, -0.15) is 5.26 Å². The van der Waals surface area contributed by atoms with Gasteiger partial charge in [-0.3, -0.25) is 0 Å². The standard InChI is InChI=1S/C28H31F3N4O/c29-22-8-12-34(18-22)10-2-11-35(27(36)33-23-5-6-25(30)26(31)15-23)24-7-9-28(16-21(28)14-24)20-4-1-3-19(13-20)17-32/h1,3-6,13,15,21-22,24H,2,7-12,14,16,18H2,(H,33,36)/t21?,22-,24-,28+/m1/s1. The van der Waals surface area contributed by atoms with E-state index in [-0.39, 0.29) is 23.2 Å². The molecular weight excluding hydrogens is 465 g/mol. The number of nitrogens with one attached hydrogen (secondary N) is 1. The fraction of sp³-hybridized carbons (Fsp3) is 0.500. The Kier molecular flexibility index (Phi) is 6.94. The highest BCUT2D eigenvalue weighted by atomic mass is 19.2. The Labute approximate surface area is 209 Å². The van der Waals surface area contributed by atoms with Crippen molar-refractivity contribution in [3.05, 3.63) is 65.2 Å². The van der Waals surface area contributed by atoms with Crippen LogP contribution in [0.3, 0.4) is 0 Å². The summed E-state index contributed by atoms with van der Waals surface area (Å²) in [6, 6.07) is 13.1. The first kappa shape index (κ1) is 24.6. The first-order valence-corrected chi connectivity index (χ1v) is 12.8. The minimum Gasteiger partial charge on any atom is -0.321 e. The number of nitriles is 1. The van der Waals surface area contributed by atoms with Crippen LogP contribution in [0.2, 0.25) is 0 Å². The smallest absolute Gasteiger partial charge is 0.321 e. The molecule has 1 saturated heterocycles. The van der Waals surface area contributed by atoms with Crippen LogP contribution in [0.25, 0.3) is 0 Å². The van der Waals surface area contributed by atoms with E-state index in [4.69, 9.17) is 0 Å². The lowest BCUT2D eigenvalue weighted by molar-refractivity contribution is 0.155. The van der Waals surface area contributed by atoms with Crippen LogP contribution in [-0.4, -0.2) is 54.2 Å². The van der Waals surface area contributed by atoms with Gasteiger partial charge in [0.2, 0.25) is 0 Å². The topological polar surface area (TPSA) is 59.4 Å². The molecule has 0 aromatic heterocycles. The number of hydrogen-bond donors (Lipinski definition) is 1. The van der Waals surface area contributed by atoms with Crippen LogP contribution in [0.5, 0.6) is 0 Å². The molecule has 5 nitrogen and oxygen atoms in total. The SMILES string of the molecule is N#Cc1cccc([C@@]23CC[C@@H](N(CCCN4CC[C@@H](F)C4)C(=O)Nc4ccc(F)c(F)c4)CC2C3)c1. The number of halogens is 3. The molecule has 0 radical (unpaired) electrons. The molecule has 0 bridgehead atoms. The van der Waals surface area contributed by atoms with Crippen molar-refractivity contribution in [1.29, 1.82) is 5.26 Å². The van der Waals surface area contributed by atoms with Gasteiger partial charge in [-0.1, -0.05) is 12.1 Å². The van der Waals surface area contributed by atoms with Crippen molar-refractivity contribution in [2.75, 3.05) is 31.5 Å². The first-order chi connectivity index (χ1) is 17.4. The molecule has 3 fully saturated rings. The molecule has 0 spiro atoms. The monoisotopic (exact) mass is 496 g/mol. The normalized spacial score (nSPS) is 27.2. The highest BCUT2D eigenvalue weighted by molar-refractivity contribution is 5.89. The average molecular weight is 497 g/mol. The number of fused-ring (bicyclic) bond motifs is 1. The second-order valence-electron chi connectivity index (χ2n) is 10.5. The number of carbonyl (C=O) groups excluding carboxylic acids is 1. The largest absolute Gasteiger partial charge is 0.322 e. The summed E-state index contributed by atoms with van der Waals surface area (Å²) in [5.41, 5.74) is 2.17. The van der Waals surface area contributed by atoms with Crippen LogP contribution in [0.15, 0.2) is 42.5 Å². The van der Waals surface area contributed by atoms with E-state index in [1.165, 1.54) is 11.6 Å². The van der Waals surface area contributed by atoms with Gasteiger partial charge < -0.3 is 15.1 Å². The van der Waals surface area contributed by atoms with E-state index in [1.54, 1.807) is 0 Å². The van der Waals surface area contributed by atoms with Gasteiger partial charge in [0.05, 0.1) is 11.6 Å². The minimum absolute atomic E-state index is 0.0302. The van der Waals surface area contributed by atoms with Crippen molar-refractivity contribution in [2.24, 2.45) is 5.92 Å². The number of hydrogen-bond acceptors (Lipinski definition) is 3. The summed E-state index contributed by atoms with van der Waals surface area (Å²) in [6.07, 6.45) is 4.16. The summed E-state index contributed by atoms with van der Waals surface area (Å²) in [5, 5.41) is 12.0. The van der Waals surface area contributed by atoms with Crippen LogP contribution in [0, 0.1) is 28.9 Å². The molecule has 2 aliphatic carbocycles. The van der Waals surface area contributed by atoms with Gasteiger partial charge in [0.1, 0.15) is 6.17 Å². The van der Waals surface area contributed by atoms with Crippen LogP contribution >= 0.6 is 0 Å². The number of benzene rings is 2. The van der Waals surface area contributed by atoms with Gasteiger partial charge in [-0.05, 0) is 86.2 Å². The molecule has 8 heteroatoms. The lowest BCUT2D eigenvalue weighted by Crippen LogP contribution is -2.46. The highest BCUT2D eigenvalue weighted by Crippen LogP contribution is 2.62. The average Bonchev–Trinajstić information content (AvgIpc) is 3.48. The molecule has 2 aromatic carbocycles. The lowest BCUT2D eigenvalue weighted by atomic mass is 9.80. The Hall–Kier alpha value is -3.05. The molecule has 2 amide bonds. The minimum atomic E-state index is -1.01. The van der Waals surface area contributed by atoms with E-state index in [9.17, 15) is 23.2 Å². The third-order valence-electron chi connectivity index (χ3n) is 8.24. The van der Waals surface area contributed by atoms with Crippen LogP contribution < -0.4 is 5.32 Å². The third-order valence-corrected chi connectivity index (χ3v) is 8.24. The quantitative estimate of drug-likeness (QED) is 0.542. The summed E-state index contributed by atoms with van der Waals surface area (Å²) in [5.74, 6) is -1.52. The number of anilines is 1. The van der Waals surface area contributed by atoms with Gasteiger partial charge in [0.15, 0.2) is 11.6 Å². The summed E-state index contributed by atoms with van der Waals surface area (Å²) in [4.78, 5) is 17.2. The van der Waals surface area contributed by atoms with Crippen LogP contribution in [0.1, 0.15) is 49.7 Å². The van der Waals surface area contributed by atoms with Crippen molar-refractivity contribution in [3.63, 3.8) is 0 Å². The van der Waals surface area contributed by atoms with E-state index in [1.807, 2.05) is 23.1 Å². The lowest BCUT2D eigenvalue weighted by Gasteiger charge is -2.37. The van der Waals surface area contributed by atoms with Gasteiger partial charge in [-0.15, -0.1) is 0 Å². The van der Waals surface area contributed by atoms with Gasteiger partial charge >= 0.3 is 6.03 Å². The van der Waals surface area contributed by atoms with E-state index in [0.29, 0.717) is 37.4 Å². The van der Waals surface area contributed by atoms with Gasteiger partial charge in [0.25, 0.3) is 0 Å². The second-order valence-corrected chi connectivity index (χ2v) is 10.5. The summed E-state index contributed by atoms with van der Waals surface area (Å²) in [7, 11) is 0. The van der Waals surface area contributed by atoms with Crippen molar-refractivity contribution >= 4 is 11.7 Å². The number of alkyl halides is 1. The van der Waals surface area contributed by atoms with E-state index >= 15 is 0 Å². The third kappa shape index (κ3) is 5.08. The molecule has 5 rings (SSSR count). The number of urea groups is 1. The van der Waals surface area contributed by atoms with E-state index in [0.717, 1.165) is 50.9 Å². The zero-order valence-corrected chi connectivity index (χ0v) is 20.2. The molecule has 1 unspecified atom stereocenters. The number of amides is 2. The zero-order chi connectivity index (χ0) is 25.3. The van der Waals surface area contributed by atoms with Crippen molar-refractivity contribution < 1.29 is 18.0 Å². The predicted molar refractivity (Wildman–Crippen MR) is 131 cm³/mol. The van der Waals surface area contributed by atoms with Crippen LogP contribution in [0.4, 0.5) is 23.7 Å². The molecular formula is C28H31F3N4O. The molecule has 190 valence electrons. The molecule has 36 heavy (non-hydrogen) atoms. The van der Waals surface area contributed by atoms with Crippen molar-refractivity contribution in [1.82, 2.24) is 9.80 Å². The molecule has 3 aliphatic rings. The molecule has 2 aromatic rings. The number of likely N-dealkylation sites (tertiary alicyclic amines) is 1. The maximum absolute atomic E-state index is 13.7. The van der Waals surface area contributed by atoms with Crippen molar-refractivity contribution in [2.45, 2.75) is 56.2 Å². The molecule has 4 atom stereocenters. The van der Waals surface area contributed by atoms with E-state index in [2.05, 4.69) is 22.4 Å². The maximum atomic E-state index is 13.7. The maximum Gasteiger partial charge on any atom is 0.322 e. The van der Waals surface area contributed by atoms with Gasteiger partial charge in [-0.25, -0.2) is 18.0 Å². The Morgan fingerprint density at radius 3 is 2.78 bits per heavy atom. The zero-order valence-electron chi connectivity index (χ0n) is 20.2. The predicted octanol–water partition coefficient (Wildman–Crippen LogP) is 5.61. The first-order valence-electron chi connectivity index (χ1n) is 12.8. The summed E-state index contributed by atoms with van der Waals surface area (Å²) < 4.78 is 40.6. The highest BCUT2D eigenvalue weighted by Gasteiger charge is 2.58. The summed E-state index contributed by atoms with van der Waals surface area (Å²) >= 11 is 0. The van der Waals surface area contributed by atoms with Crippen molar-refractivity contribution in [3.8, 4) is 6.07 Å². The Morgan fingerprint density at radius 1 is 1.19 bits per heavy atom. The second kappa shape index (κ2) is 10.1. The number of nitrogens with zero attached hydrogens (tertiary/aromatic N) is 3. The Bertz CT molecular complexity index is 1170. The fourth-order valence-corrected chi connectivity index (χ4v) is 6.22. The molecule has 1 heterocycles. The Balaban J connectivity index is 1.27. The molecule has 1 N–H and O–H groups in total.